The van der Waals surface area contributed by atoms with Gasteiger partial charge in [-0.1, -0.05) is 38.1 Å². The van der Waals surface area contributed by atoms with Crippen molar-refractivity contribution in [2.45, 2.75) is 58.1 Å². The maximum atomic E-state index is 12.7. The number of carbonyl (C=O) groups excluding carboxylic acids is 3. The van der Waals surface area contributed by atoms with Crippen LogP contribution in [0, 0.1) is 5.92 Å². The Hall–Kier alpha value is -3.47. The van der Waals surface area contributed by atoms with E-state index in [2.05, 4.69) is 20.4 Å². The average Bonchev–Trinajstić information content (AvgIpc) is 2.78. The van der Waals surface area contributed by atoms with Crippen molar-refractivity contribution < 1.29 is 32.3 Å². The maximum Gasteiger partial charge on any atom is 0.490 e. The highest BCUT2D eigenvalue weighted by Crippen LogP contribution is 2.19. The molecular formula is C24H29F3N4O4. The third-order valence-electron chi connectivity index (χ3n) is 4.92. The number of aromatic nitrogens is 1. The number of nitrogens with one attached hydrogen (secondary N) is 2. The van der Waals surface area contributed by atoms with E-state index in [1.165, 1.54) is 0 Å². The van der Waals surface area contributed by atoms with Crippen LogP contribution in [0.25, 0.3) is 11.3 Å². The first-order chi connectivity index (χ1) is 16.4. The summed E-state index contributed by atoms with van der Waals surface area (Å²) in [7, 11) is 0. The summed E-state index contributed by atoms with van der Waals surface area (Å²) >= 11 is 0. The highest BCUT2D eigenvalue weighted by molar-refractivity contribution is 5.84. The fraction of sp³-hybridized carbons (Fsp3) is 0.417. The van der Waals surface area contributed by atoms with Crippen molar-refractivity contribution in [2.75, 3.05) is 0 Å². The minimum absolute atomic E-state index is 0.0793. The van der Waals surface area contributed by atoms with Crippen LogP contribution in [0.2, 0.25) is 0 Å². The lowest BCUT2D eigenvalue weighted by atomic mass is 10.0. The molecule has 1 heterocycles. The van der Waals surface area contributed by atoms with Crippen LogP contribution in [0.1, 0.15) is 32.8 Å². The first-order valence-electron chi connectivity index (χ1n) is 11.0. The number of nitrogens with zero attached hydrogens (tertiary/aromatic N) is 1. The minimum atomic E-state index is -5.23. The lowest BCUT2D eigenvalue weighted by molar-refractivity contribution is -0.205. The van der Waals surface area contributed by atoms with Crippen LogP contribution in [-0.4, -0.2) is 47.3 Å². The second-order valence-corrected chi connectivity index (χ2v) is 8.49. The normalized spacial score (nSPS) is 14.1. The van der Waals surface area contributed by atoms with E-state index >= 15 is 0 Å². The Balaban J connectivity index is 2.14. The van der Waals surface area contributed by atoms with Crippen molar-refractivity contribution in [3.63, 3.8) is 0 Å². The van der Waals surface area contributed by atoms with Gasteiger partial charge in [-0.15, -0.1) is 0 Å². The molecule has 2 aromatic rings. The molecule has 3 atom stereocenters. The fourth-order valence-corrected chi connectivity index (χ4v) is 3.23. The fourth-order valence-electron chi connectivity index (χ4n) is 3.23. The quantitative estimate of drug-likeness (QED) is 0.345. The summed E-state index contributed by atoms with van der Waals surface area (Å²) in [5.74, 6) is -3.67. The van der Waals surface area contributed by atoms with Gasteiger partial charge in [0.1, 0.15) is 12.3 Å². The second kappa shape index (κ2) is 12.3. The van der Waals surface area contributed by atoms with E-state index in [-0.39, 0.29) is 12.3 Å². The SMILES string of the molecule is CC(C)C[C@@H](N)C(=O)NC(NC(=O)Cc1cccc(-c2ccccn2)c1)C(C)OC(=O)C(F)(F)F. The zero-order valence-electron chi connectivity index (χ0n) is 19.6. The van der Waals surface area contributed by atoms with Gasteiger partial charge in [0, 0.05) is 11.8 Å². The number of alkyl halides is 3. The van der Waals surface area contributed by atoms with Crippen molar-refractivity contribution >= 4 is 17.8 Å². The summed E-state index contributed by atoms with van der Waals surface area (Å²) in [5, 5.41) is 4.82. The van der Waals surface area contributed by atoms with E-state index in [0.717, 1.165) is 12.5 Å². The van der Waals surface area contributed by atoms with Crippen molar-refractivity contribution in [3.05, 3.63) is 54.2 Å². The molecule has 1 aromatic carbocycles. The molecule has 0 aliphatic carbocycles. The standard InChI is InChI=1S/C24H29F3N4O4/c1-14(2)11-18(28)22(33)31-21(15(3)35-23(34)24(25,26)27)30-20(32)13-16-7-6-8-17(12-16)19-9-4-5-10-29-19/h4-10,12,14-15,18,21H,11,13,28H2,1-3H3,(H,30,32)(H,31,33)/t15?,18-,21?/m1/s1. The van der Waals surface area contributed by atoms with Gasteiger partial charge in [0.25, 0.3) is 0 Å². The van der Waals surface area contributed by atoms with Gasteiger partial charge in [0.05, 0.1) is 18.2 Å². The van der Waals surface area contributed by atoms with E-state index in [1.54, 1.807) is 30.5 Å². The van der Waals surface area contributed by atoms with Gasteiger partial charge in [-0.25, -0.2) is 4.79 Å². The molecule has 11 heteroatoms. The minimum Gasteiger partial charge on any atom is -0.452 e. The van der Waals surface area contributed by atoms with Crippen LogP contribution in [0.5, 0.6) is 0 Å². The topological polar surface area (TPSA) is 123 Å². The lowest BCUT2D eigenvalue weighted by Gasteiger charge is -2.28. The van der Waals surface area contributed by atoms with E-state index in [4.69, 9.17) is 5.73 Å². The van der Waals surface area contributed by atoms with Crippen LogP contribution in [0.3, 0.4) is 0 Å². The van der Waals surface area contributed by atoms with Gasteiger partial charge >= 0.3 is 12.1 Å². The Bertz CT molecular complexity index is 1020. The van der Waals surface area contributed by atoms with Crippen LogP contribution in [0.15, 0.2) is 48.7 Å². The monoisotopic (exact) mass is 494 g/mol. The van der Waals surface area contributed by atoms with Crippen LogP contribution in [0.4, 0.5) is 13.2 Å². The molecule has 2 amide bonds. The summed E-state index contributed by atoms with van der Waals surface area (Å²) in [4.78, 5) is 40.7. The van der Waals surface area contributed by atoms with Crippen molar-refractivity contribution in [1.82, 2.24) is 15.6 Å². The number of esters is 1. The smallest absolute Gasteiger partial charge is 0.452 e. The molecule has 0 saturated heterocycles. The molecular weight excluding hydrogens is 465 g/mol. The molecule has 0 fully saturated rings. The summed E-state index contributed by atoms with van der Waals surface area (Å²) in [5.41, 5.74) is 7.92. The zero-order chi connectivity index (χ0) is 26.2. The number of benzene rings is 1. The number of amides is 2. The molecule has 0 aliphatic rings. The number of hydrogen-bond acceptors (Lipinski definition) is 6. The maximum absolute atomic E-state index is 12.7. The first kappa shape index (κ1) is 27.8. The average molecular weight is 495 g/mol. The zero-order valence-corrected chi connectivity index (χ0v) is 19.6. The third kappa shape index (κ3) is 9.01. The predicted octanol–water partition coefficient (Wildman–Crippen LogP) is 2.72. The number of nitrogens with two attached hydrogens (primary N) is 1. The Kier molecular flexibility index (Phi) is 9.76. The van der Waals surface area contributed by atoms with E-state index in [9.17, 15) is 27.6 Å². The Morgan fingerprint density at radius 1 is 1.06 bits per heavy atom. The molecule has 2 rings (SSSR count). The molecule has 2 unspecified atom stereocenters. The first-order valence-corrected chi connectivity index (χ1v) is 11.0. The lowest BCUT2D eigenvalue weighted by Crippen LogP contribution is -2.58. The molecule has 0 bridgehead atoms. The van der Waals surface area contributed by atoms with Gasteiger partial charge in [0.2, 0.25) is 11.8 Å². The number of hydrogen-bond donors (Lipinski definition) is 3. The molecule has 4 N–H and O–H groups in total. The molecule has 1 aromatic heterocycles. The van der Waals surface area contributed by atoms with E-state index < -0.39 is 42.3 Å². The highest BCUT2D eigenvalue weighted by atomic mass is 19.4. The summed E-state index contributed by atoms with van der Waals surface area (Å²) < 4.78 is 42.4. The molecule has 0 saturated carbocycles. The van der Waals surface area contributed by atoms with Crippen LogP contribution < -0.4 is 16.4 Å². The molecule has 35 heavy (non-hydrogen) atoms. The molecule has 0 radical (unpaired) electrons. The molecule has 8 nitrogen and oxygen atoms in total. The molecule has 190 valence electrons. The third-order valence-corrected chi connectivity index (χ3v) is 4.92. The van der Waals surface area contributed by atoms with Gasteiger partial charge in [-0.2, -0.15) is 13.2 Å². The van der Waals surface area contributed by atoms with Crippen LogP contribution >= 0.6 is 0 Å². The van der Waals surface area contributed by atoms with E-state index in [1.807, 2.05) is 32.0 Å². The van der Waals surface area contributed by atoms with Gasteiger partial charge in [-0.3, -0.25) is 14.6 Å². The summed E-state index contributed by atoms with van der Waals surface area (Å²) in [6.07, 6.45) is -6.39. The number of rotatable bonds is 10. The van der Waals surface area contributed by atoms with Gasteiger partial charge in [-0.05, 0) is 43.0 Å². The second-order valence-electron chi connectivity index (χ2n) is 8.49. The summed E-state index contributed by atoms with van der Waals surface area (Å²) in [6.45, 7) is 4.82. The van der Waals surface area contributed by atoms with Crippen molar-refractivity contribution in [3.8, 4) is 11.3 Å². The van der Waals surface area contributed by atoms with Crippen molar-refractivity contribution in [1.29, 1.82) is 0 Å². The Morgan fingerprint density at radius 3 is 2.37 bits per heavy atom. The Labute approximate surface area is 201 Å². The van der Waals surface area contributed by atoms with Crippen LogP contribution in [-0.2, 0) is 25.5 Å². The largest absolute Gasteiger partial charge is 0.490 e. The van der Waals surface area contributed by atoms with E-state index in [0.29, 0.717) is 17.7 Å². The molecule has 0 spiro atoms. The number of halogens is 3. The number of ether oxygens (including phenoxy) is 1. The Morgan fingerprint density at radius 2 is 1.77 bits per heavy atom. The van der Waals surface area contributed by atoms with Gasteiger partial charge < -0.3 is 21.1 Å². The van der Waals surface area contributed by atoms with Gasteiger partial charge in [0.15, 0.2) is 0 Å². The highest BCUT2D eigenvalue weighted by Gasteiger charge is 2.43. The number of carbonyl (C=O) groups is 3. The predicted molar refractivity (Wildman–Crippen MR) is 122 cm³/mol. The molecule has 0 aliphatic heterocycles. The van der Waals surface area contributed by atoms with Crippen molar-refractivity contribution in [2.24, 2.45) is 11.7 Å². The number of pyridine rings is 1. The summed E-state index contributed by atoms with van der Waals surface area (Å²) in [6, 6.07) is 11.5.